The van der Waals surface area contributed by atoms with Gasteiger partial charge >= 0.3 is 0 Å². The van der Waals surface area contributed by atoms with Crippen molar-refractivity contribution in [2.45, 2.75) is 45.2 Å². The summed E-state index contributed by atoms with van der Waals surface area (Å²) in [6, 6.07) is 10.8. The van der Waals surface area contributed by atoms with Gasteiger partial charge in [-0.25, -0.2) is 4.99 Å². The lowest BCUT2D eigenvalue weighted by molar-refractivity contribution is 0.642. The molecule has 1 aromatic heterocycles. The van der Waals surface area contributed by atoms with Crippen LogP contribution in [0.1, 0.15) is 38.1 Å². The number of benzene rings is 1. The Labute approximate surface area is 143 Å². The molecule has 0 amide bonds. The number of hydrogen-bond donors (Lipinski definition) is 2. The first-order chi connectivity index (χ1) is 11.8. The molecular weight excluding hydrogens is 300 g/mol. The third-order valence-corrected chi connectivity index (χ3v) is 4.59. The number of aromatic nitrogens is 3. The van der Waals surface area contributed by atoms with E-state index in [-0.39, 0.29) is 5.41 Å². The first-order valence-electron chi connectivity index (χ1n) is 8.72. The maximum atomic E-state index is 4.66. The summed E-state index contributed by atoms with van der Waals surface area (Å²) < 4.78 is 2.01. The highest BCUT2D eigenvalue weighted by Crippen LogP contribution is 2.47. The molecule has 2 N–H and O–H groups in total. The molecule has 1 fully saturated rings. The Balaban J connectivity index is 1.63. The van der Waals surface area contributed by atoms with E-state index in [0.29, 0.717) is 6.54 Å². The fraction of sp³-hybridized carbons (Fsp3) is 0.500. The Morgan fingerprint density at radius 3 is 2.67 bits per heavy atom. The molecule has 1 aromatic carbocycles. The zero-order chi connectivity index (χ0) is 16.8. The molecule has 0 unspecified atom stereocenters. The monoisotopic (exact) mass is 326 g/mol. The van der Waals surface area contributed by atoms with E-state index < -0.39 is 0 Å². The number of nitrogens with zero attached hydrogens (tertiary/aromatic N) is 4. The maximum absolute atomic E-state index is 4.66. The topological polar surface area (TPSA) is 67.1 Å². The molecule has 1 aliphatic rings. The Morgan fingerprint density at radius 1 is 1.21 bits per heavy atom. The fourth-order valence-electron chi connectivity index (χ4n) is 2.92. The average Bonchev–Trinajstić information content (AvgIpc) is 3.28. The number of hydrogen-bond acceptors (Lipinski definition) is 3. The third-order valence-electron chi connectivity index (χ3n) is 4.59. The molecule has 0 bridgehead atoms. The van der Waals surface area contributed by atoms with Gasteiger partial charge in [-0.15, -0.1) is 10.2 Å². The number of aliphatic imine (C=N–C) groups is 1. The molecule has 24 heavy (non-hydrogen) atoms. The van der Waals surface area contributed by atoms with E-state index in [4.69, 9.17) is 0 Å². The second-order valence-electron chi connectivity index (χ2n) is 6.23. The molecule has 6 heteroatoms. The van der Waals surface area contributed by atoms with Crippen LogP contribution in [0.4, 0.5) is 0 Å². The van der Waals surface area contributed by atoms with Gasteiger partial charge in [0.25, 0.3) is 0 Å². The van der Waals surface area contributed by atoms with Crippen LogP contribution in [-0.4, -0.2) is 33.8 Å². The van der Waals surface area contributed by atoms with Gasteiger partial charge in [-0.05, 0) is 32.3 Å². The van der Waals surface area contributed by atoms with Gasteiger partial charge in [-0.2, -0.15) is 0 Å². The summed E-state index contributed by atoms with van der Waals surface area (Å²) in [5.41, 5.74) is 1.68. The second kappa shape index (κ2) is 7.47. The summed E-state index contributed by atoms with van der Waals surface area (Å²) >= 11 is 0. The molecule has 6 nitrogen and oxygen atoms in total. The van der Waals surface area contributed by atoms with Crippen molar-refractivity contribution < 1.29 is 0 Å². The summed E-state index contributed by atoms with van der Waals surface area (Å²) in [5, 5.41) is 14.9. The summed E-state index contributed by atoms with van der Waals surface area (Å²) in [7, 11) is 0. The quantitative estimate of drug-likeness (QED) is 0.604. The van der Waals surface area contributed by atoms with Crippen LogP contribution in [0.25, 0.3) is 0 Å². The minimum absolute atomic E-state index is 0.265. The van der Waals surface area contributed by atoms with E-state index in [1.807, 2.05) is 4.57 Å². The summed E-state index contributed by atoms with van der Waals surface area (Å²) in [4.78, 5) is 4.66. The van der Waals surface area contributed by atoms with Gasteiger partial charge in [0.2, 0.25) is 0 Å². The largest absolute Gasteiger partial charge is 0.357 e. The Bertz CT molecular complexity index is 672. The van der Waals surface area contributed by atoms with E-state index in [0.717, 1.165) is 31.4 Å². The van der Waals surface area contributed by atoms with Crippen molar-refractivity contribution in [2.75, 3.05) is 13.1 Å². The Hall–Kier alpha value is -2.37. The summed E-state index contributed by atoms with van der Waals surface area (Å²) in [5.74, 6) is 1.73. The summed E-state index contributed by atoms with van der Waals surface area (Å²) in [6.07, 6.45) is 4.21. The minimum atomic E-state index is 0.265. The normalized spacial score (nSPS) is 16.0. The predicted molar refractivity (Wildman–Crippen MR) is 95.9 cm³/mol. The molecule has 0 radical (unpaired) electrons. The van der Waals surface area contributed by atoms with Crippen LogP contribution in [-0.2, 0) is 18.5 Å². The maximum Gasteiger partial charge on any atom is 0.191 e. The lowest BCUT2D eigenvalue weighted by Gasteiger charge is -2.19. The number of rotatable bonds is 7. The zero-order valence-electron chi connectivity index (χ0n) is 14.5. The number of guanidine groups is 1. The molecular formula is C18H26N6. The highest BCUT2D eigenvalue weighted by atomic mass is 15.3. The Morgan fingerprint density at radius 2 is 2.00 bits per heavy atom. The third kappa shape index (κ3) is 3.75. The van der Waals surface area contributed by atoms with Crippen molar-refractivity contribution in [3.05, 3.63) is 48.0 Å². The van der Waals surface area contributed by atoms with Crippen LogP contribution in [0.5, 0.6) is 0 Å². The lowest BCUT2D eigenvalue weighted by Crippen LogP contribution is -2.41. The SMILES string of the molecule is CCNC(=NCc1nncn1CC)NCC1(c2ccccc2)CC1. The van der Waals surface area contributed by atoms with E-state index >= 15 is 0 Å². The van der Waals surface area contributed by atoms with Crippen LogP contribution in [0.3, 0.4) is 0 Å². The van der Waals surface area contributed by atoms with Crippen molar-refractivity contribution in [1.82, 2.24) is 25.4 Å². The molecule has 0 aliphatic heterocycles. The number of nitrogens with one attached hydrogen (secondary N) is 2. The van der Waals surface area contributed by atoms with Crippen molar-refractivity contribution in [1.29, 1.82) is 0 Å². The van der Waals surface area contributed by atoms with Crippen LogP contribution >= 0.6 is 0 Å². The van der Waals surface area contributed by atoms with E-state index in [1.54, 1.807) is 6.33 Å². The van der Waals surface area contributed by atoms with Crippen LogP contribution < -0.4 is 10.6 Å². The average molecular weight is 326 g/mol. The van der Waals surface area contributed by atoms with E-state index in [2.05, 4.69) is 70.0 Å². The summed E-state index contributed by atoms with van der Waals surface area (Å²) in [6.45, 7) is 7.29. The van der Waals surface area contributed by atoms with Gasteiger partial charge in [-0.3, -0.25) is 0 Å². The molecule has 0 spiro atoms. The van der Waals surface area contributed by atoms with Gasteiger partial charge in [0.15, 0.2) is 11.8 Å². The molecule has 0 atom stereocenters. The molecule has 128 valence electrons. The molecule has 2 aromatic rings. The van der Waals surface area contributed by atoms with Crippen LogP contribution in [0, 0.1) is 0 Å². The highest BCUT2D eigenvalue weighted by molar-refractivity contribution is 5.79. The van der Waals surface area contributed by atoms with Gasteiger partial charge in [-0.1, -0.05) is 30.3 Å². The van der Waals surface area contributed by atoms with Gasteiger partial charge in [0.1, 0.15) is 12.9 Å². The second-order valence-corrected chi connectivity index (χ2v) is 6.23. The fourth-order valence-corrected chi connectivity index (χ4v) is 2.92. The van der Waals surface area contributed by atoms with Gasteiger partial charge in [0, 0.05) is 25.0 Å². The molecule has 0 saturated heterocycles. The Kier molecular flexibility index (Phi) is 5.13. The molecule has 1 aliphatic carbocycles. The molecule has 1 heterocycles. The van der Waals surface area contributed by atoms with E-state index in [1.165, 1.54) is 18.4 Å². The molecule has 1 saturated carbocycles. The lowest BCUT2D eigenvalue weighted by atomic mass is 9.96. The zero-order valence-corrected chi connectivity index (χ0v) is 14.5. The smallest absolute Gasteiger partial charge is 0.191 e. The van der Waals surface area contributed by atoms with Crippen molar-refractivity contribution in [3.8, 4) is 0 Å². The molecule has 3 rings (SSSR count). The first-order valence-corrected chi connectivity index (χ1v) is 8.72. The predicted octanol–water partition coefficient (Wildman–Crippen LogP) is 2.08. The van der Waals surface area contributed by atoms with Gasteiger partial charge < -0.3 is 15.2 Å². The van der Waals surface area contributed by atoms with Crippen LogP contribution in [0.2, 0.25) is 0 Å². The van der Waals surface area contributed by atoms with Crippen molar-refractivity contribution >= 4 is 5.96 Å². The minimum Gasteiger partial charge on any atom is -0.357 e. The van der Waals surface area contributed by atoms with Crippen molar-refractivity contribution in [3.63, 3.8) is 0 Å². The van der Waals surface area contributed by atoms with Gasteiger partial charge in [0.05, 0.1) is 0 Å². The first kappa shape index (κ1) is 16.5. The standard InChI is InChI=1S/C18H26N6/c1-3-19-17(20-12-16-23-22-14-24(16)4-2)21-13-18(10-11-18)15-8-6-5-7-9-15/h5-9,14H,3-4,10-13H2,1-2H3,(H2,19,20,21). The number of aryl methyl sites for hydroxylation is 1. The van der Waals surface area contributed by atoms with E-state index in [9.17, 15) is 0 Å². The highest BCUT2D eigenvalue weighted by Gasteiger charge is 2.43. The van der Waals surface area contributed by atoms with Crippen molar-refractivity contribution in [2.24, 2.45) is 4.99 Å². The van der Waals surface area contributed by atoms with Crippen LogP contribution in [0.15, 0.2) is 41.7 Å².